The predicted octanol–water partition coefficient (Wildman–Crippen LogP) is 5.53. The van der Waals surface area contributed by atoms with Crippen molar-refractivity contribution in [1.82, 2.24) is 10.2 Å². The van der Waals surface area contributed by atoms with Gasteiger partial charge in [0.05, 0.1) is 5.75 Å². The molecule has 0 aliphatic carbocycles. The van der Waals surface area contributed by atoms with Crippen molar-refractivity contribution < 1.29 is 9.59 Å². The van der Waals surface area contributed by atoms with Gasteiger partial charge in [-0.25, -0.2) is 0 Å². The Morgan fingerprint density at radius 3 is 2.24 bits per heavy atom. The SMILES string of the molecule is CC(C(=O)NC(C)(C)C)N(Cc1ccc(Br)cc1)C(=O)CSc1ccc(Cl)cc1. The highest BCUT2D eigenvalue weighted by atomic mass is 79.9. The van der Waals surface area contributed by atoms with Crippen LogP contribution in [0.15, 0.2) is 57.9 Å². The number of benzene rings is 2. The van der Waals surface area contributed by atoms with Gasteiger partial charge in [0.25, 0.3) is 0 Å². The Labute approximate surface area is 190 Å². The van der Waals surface area contributed by atoms with Crippen molar-refractivity contribution in [2.75, 3.05) is 5.75 Å². The van der Waals surface area contributed by atoms with Crippen molar-refractivity contribution in [3.05, 3.63) is 63.6 Å². The van der Waals surface area contributed by atoms with E-state index in [9.17, 15) is 9.59 Å². The van der Waals surface area contributed by atoms with Gasteiger partial charge in [-0.05, 0) is 69.7 Å². The fourth-order valence-electron chi connectivity index (χ4n) is 2.60. The molecule has 0 saturated heterocycles. The molecule has 2 amide bonds. The maximum absolute atomic E-state index is 13.1. The van der Waals surface area contributed by atoms with Crippen molar-refractivity contribution in [2.45, 2.75) is 50.7 Å². The highest BCUT2D eigenvalue weighted by Gasteiger charge is 2.28. The average Bonchev–Trinajstić information content (AvgIpc) is 2.65. The highest BCUT2D eigenvalue weighted by molar-refractivity contribution is 9.10. The number of carbonyl (C=O) groups excluding carboxylic acids is 2. The molecule has 0 radical (unpaired) electrons. The largest absolute Gasteiger partial charge is 0.350 e. The number of halogens is 2. The molecule has 0 saturated carbocycles. The van der Waals surface area contributed by atoms with Crippen molar-refractivity contribution in [1.29, 1.82) is 0 Å². The summed E-state index contributed by atoms with van der Waals surface area (Å²) in [6.45, 7) is 7.91. The highest BCUT2D eigenvalue weighted by Crippen LogP contribution is 2.22. The number of nitrogens with zero attached hydrogens (tertiary/aromatic N) is 1. The van der Waals surface area contributed by atoms with Gasteiger partial charge in [0.2, 0.25) is 11.8 Å². The lowest BCUT2D eigenvalue weighted by Crippen LogP contribution is -2.52. The normalized spacial score (nSPS) is 12.3. The maximum Gasteiger partial charge on any atom is 0.242 e. The third kappa shape index (κ3) is 8.03. The van der Waals surface area contributed by atoms with E-state index in [1.807, 2.05) is 57.2 Å². The molecule has 4 nitrogen and oxygen atoms in total. The summed E-state index contributed by atoms with van der Waals surface area (Å²) in [6, 6.07) is 14.5. The van der Waals surface area contributed by atoms with Crippen LogP contribution < -0.4 is 5.32 Å². The summed E-state index contributed by atoms with van der Waals surface area (Å²) in [6.07, 6.45) is 0. The first kappa shape index (κ1) is 23.8. The molecule has 1 N–H and O–H groups in total. The zero-order chi connectivity index (χ0) is 21.6. The van der Waals surface area contributed by atoms with Crippen LogP contribution in [0.1, 0.15) is 33.3 Å². The fraction of sp³-hybridized carbons (Fsp3) is 0.364. The topological polar surface area (TPSA) is 49.4 Å². The molecule has 29 heavy (non-hydrogen) atoms. The molecular weight excluding hydrogens is 472 g/mol. The van der Waals surface area contributed by atoms with Crippen LogP contribution in [-0.4, -0.2) is 34.0 Å². The molecule has 1 unspecified atom stereocenters. The molecule has 2 aromatic rings. The lowest BCUT2D eigenvalue weighted by molar-refractivity contribution is -0.139. The predicted molar refractivity (Wildman–Crippen MR) is 124 cm³/mol. The molecule has 0 heterocycles. The number of nitrogens with one attached hydrogen (secondary N) is 1. The van der Waals surface area contributed by atoms with Crippen LogP contribution in [0.2, 0.25) is 5.02 Å². The maximum atomic E-state index is 13.1. The third-order valence-electron chi connectivity index (χ3n) is 4.11. The minimum Gasteiger partial charge on any atom is -0.350 e. The van der Waals surface area contributed by atoms with Crippen molar-refractivity contribution in [2.24, 2.45) is 0 Å². The zero-order valence-electron chi connectivity index (χ0n) is 17.0. The van der Waals surface area contributed by atoms with E-state index in [2.05, 4.69) is 21.2 Å². The van der Waals surface area contributed by atoms with Gasteiger partial charge in [-0.15, -0.1) is 11.8 Å². The summed E-state index contributed by atoms with van der Waals surface area (Å²) in [5, 5.41) is 3.62. The molecular formula is C22H26BrClN2O2S. The Kier molecular flexibility index (Phi) is 8.61. The van der Waals surface area contributed by atoms with E-state index >= 15 is 0 Å². The summed E-state index contributed by atoms with van der Waals surface area (Å²) in [5.74, 6) is -0.0189. The molecule has 0 spiro atoms. The van der Waals surface area contributed by atoms with Gasteiger partial charge in [-0.1, -0.05) is 39.7 Å². The number of hydrogen-bond acceptors (Lipinski definition) is 3. The Bertz CT molecular complexity index is 835. The van der Waals surface area contributed by atoms with Gasteiger partial charge < -0.3 is 10.2 Å². The minimum atomic E-state index is -0.587. The van der Waals surface area contributed by atoms with E-state index in [4.69, 9.17) is 11.6 Å². The molecule has 0 aliphatic heterocycles. The number of carbonyl (C=O) groups is 2. The second-order valence-corrected chi connectivity index (χ2v) is 10.2. The Morgan fingerprint density at radius 1 is 1.10 bits per heavy atom. The number of thioether (sulfide) groups is 1. The van der Waals surface area contributed by atoms with Crippen molar-refractivity contribution in [3.63, 3.8) is 0 Å². The minimum absolute atomic E-state index is 0.0931. The molecule has 0 aliphatic rings. The van der Waals surface area contributed by atoms with E-state index in [1.54, 1.807) is 24.0 Å². The summed E-state index contributed by atoms with van der Waals surface area (Å²) < 4.78 is 0.968. The quantitative estimate of drug-likeness (QED) is 0.512. The Balaban J connectivity index is 2.15. The van der Waals surface area contributed by atoms with E-state index in [0.717, 1.165) is 14.9 Å². The van der Waals surface area contributed by atoms with Gasteiger partial charge in [-0.3, -0.25) is 9.59 Å². The molecule has 0 bridgehead atoms. The van der Waals surface area contributed by atoms with Crippen molar-refractivity contribution in [3.8, 4) is 0 Å². The van der Waals surface area contributed by atoms with Crippen LogP contribution in [-0.2, 0) is 16.1 Å². The lowest BCUT2D eigenvalue weighted by Gasteiger charge is -2.31. The lowest BCUT2D eigenvalue weighted by atomic mass is 10.1. The van der Waals surface area contributed by atoms with Crippen LogP contribution in [0.3, 0.4) is 0 Å². The Hall–Kier alpha value is -1.50. The first-order valence-corrected chi connectivity index (χ1v) is 11.4. The third-order valence-corrected chi connectivity index (χ3v) is 5.89. The van der Waals surface area contributed by atoms with Gasteiger partial charge in [0.1, 0.15) is 6.04 Å². The number of hydrogen-bond donors (Lipinski definition) is 1. The van der Waals surface area contributed by atoms with Crippen LogP contribution in [0.4, 0.5) is 0 Å². The number of amides is 2. The van der Waals surface area contributed by atoms with Gasteiger partial charge in [0, 0.05) is 26.5 Å². The molecule has 156 valence electrons. The molecule has 0 fully saturated rings. The smallest absolute Gasteiger partial charge is 0.242 e. The first-order valence-electron chi connectivity index (χ1n) is 9.29. The van der Waals surface area contributed by atoms with Crippen LogP contribution in [0.25, 0.3) is 0 Å². The molecule has 2 aromatic carbocycles. The first-order chi connectivity index (χ1) is 13.5. The van der Waals surface area contributed by atoms with E-state index in [1.165, 1.54) is 11.8 Å². The molecule has 7 heteroatoms. The van der Waals surface area contributed by atoms with Gasteiger partial charge in [-0.2, -0.15) is 0 Å². The van der Waals surface area contributed by atoms with Crippen LogP contribution in [0.5, 0.6) is 0 Å². The summed E-state index contributed by atoms with van der Waals surface area (Å²) in [5.41, 5.74) is 0.601. The standard InChI is InChI=1S/C22H26BrClN2O2S/c1-15(21(28)25-22(2,3)4)26(13-16-5-7-17(23)8-6-16)20(27)14-29-19-11-9-18(24)10-12-19/h5-12,15H,13-14H2,1-4H3,(H,25,28). The van der Waals surface area contributed by atoms with Crippen LogP contribution >= 0.6 is 39.3 Å². The van der Waals surface area contributed by atoms with Crippen molar-refractivity contribution >= 4 is 51.1 Å². The van der Waals surface area contributed by atoms with Gasteiger partial charge >= 0.3 is 0 Å². The monoisotopic (exact) mass is 496 g/mol. The summed E-state index contributed by atoms with van der Waals surface area (Å²) in [4.78, 5) is 28.4. The Morgan fingerprint density at radius 2 is 1.69 bits per heavy atom. The second-order valence-electron chi connectivity index (χ2n) is 7.81. The molecule has 0 aromatic heterocycles. The second kappa shape index (κ2) is 10.5. The van der Waals surface area contributed by atoms with Crippen LogP contribution in [0, 0.1) is 0 Å². The number of rotatable bonds is 7. The summed E-state index contributed by atoms with van der Waals surface area (Å²) in [7, 11) is 0. The van der Waals surface area contributed by atoms with E-state index in [0.29, 0.717) is 11.6 Å². The van der Waals surface area contributed by atoms with E-state index in [-0.39, 0.29) is 23.1 Å². The molecule has 1 atom stereocenters. The van der Waals surface area contributed by atoms with Gasteiger partial charge in [0.15, 0.2) is 0 Å². The summed E-state index contributed by atoms with van der Waals surface area (Å²) >= 11 is 10.8. The zero-order valence-corrected chi connectivity index (χ0v) is 20.2. The molecule has 2 rings (SSSR count). The average molecular weight is 498 g/mol. The fourth-order valence-corrected chi connectivity index (χ4v) is 3.78. The van der Waals surface area contributed by atoms with E-state index < -0.39 is 6.04 Å².